The van der Waals surface area contributed by atoms with Crippen molar-refractivity contribution >= 4 is 27.7 Å². The summed E-state index contributed by atoms with van der Waals surface area (Å²) in [5.41, 5.74) is 4.82. The first-order chi connectivity index (χ1) is 9.63. The predicted octanol–water partition coefficient (Wildman–Crippen LogP) is -1.40. The largest absolute Gasteiger partial charge is 0.480 e. The molecule has 12 heteroatoms. The molecule has 1 heterocycles. The Morgan fingerprint density at radius 1 is 1.48 bits per heavy atom. The summed E-state index contributed by atoms with van der Waals surface area (Å²) in [5, 5.41) is 19.2. The van der Waals surface area contributed by atoms with E-state index in [1.807, 2.05) is 0 Å². The molecule has 11 nitrogen and oxygen atoms in total. The number of carboxylic acids is 1. The van der Waals surface area contributed by atoms with E-state index < -0.39 is 50.0 Å². The Labute approximate surface area is 118 Å². The topological polar surface area (TPSA) is 183 Å². The van der Waals surface area contributed by atoms with Crippen LogP contribution in [0.25, 0.3) is 0 Å². The summed E-state index contributed by atoms with van der Waals surface area (Å²) in [7, 11) is -4.32. The monoisotopic (exact) mass is 318 g/mol. The molecule has 1 amide bonds. The van der Waals surface area contributed by atoms with Gasteiger partial charge in [0.05, 0.1) is 6.42 Å². The molecular weight excluding hydrogens is 308 g/mol. The Kier molecular flexibility index (Phi) is 4.88. The number of aromatic nitrogens is 1. The standard InChI is InChI=1S/C9H10N4O7S/c10-7(14)3-6(9(15)16)12-21(19,20)5-1-2-8(11-4-5)13(17)18/h1-2,4,6,12H,3H2,(H2,10,14)(H,15,16). The first-order valence-corrected chi connectivity index (χ1v) is 6.75. The Morgan fingerprint density at radius 2 is 2.10 bits per heavy atom. The summed E-state index contributed by atoms with van der Waals surface area (Å²) in [6.45, 7) is 0. The van der Waals surface area contributed by atoms with E-state index >= 15 is 0 Å². The van der Waals surface area contributed by atoms with Gasteiger partial charge in [-0.05, 0) is 16.0 Å². The van der Waals surface area contributed by atoms with Gasteiger partial charge in [-0.2, -0.15) is 4.72 Å². The number of nitro groups is 1. The molecular formula is C9H10N4O7S. The Balaban J connectivity index is 3.01. The minimum Gasteiger partial charge on any atom is -0.480 e. The van der Waals surface area contributed by atoms with Crippen LogP contribution in [0.1, 0.15) is 6.42 Å². The molecule has 0 aliphatic heterocycles. The van der Waals surface area contributed by atoms with Crippen LogP contribution in [0.5, 0.6) is 0 Å². The fourth-order valence-electron chi connectivity index (χ4n) is 1.28. The van der Waals surface area contributed by atoms with Gasteiger partial charge in [0.15, 0.2) is 6.20 Å². The number of sulfonamides is 1. The Hall–Kier alpha value is -2.60. The number of pyridine rings is 1. The molecule has 0 spiro atoms. The molecule has 1 atom stereocenters. The zero-order valence-electron chi connectivity index (χ0n) is 10.3. The highest BCUT2D eigenvalue weighted by molar-refractivity contribution is 7.89. The number of aliphatic carboxylic acids is 1. The SMILES string of the molecule is NC(=O)CC(NS(=O)(=O)c1ccc([N+](=O)[O-])nc1)C(=O)O. The van der Waals surface area contributed by atoms with Crippen molar-refractivity contribution in [2.24, 2.45) is 5.73 Å². The highest BCUT2D eigenvalue weighted by atomic mass is 32.2. The van der Waals surface area contributed by atoms with Gasteiger partial charge >= 0.3 is 11.8 Å². The third-order valence-corrected chi connectivity index (χ3v) is 3.68. The van der Waals surface area contributed by atoms with Crippen LogP contribution in [-0.4, -0.2) is 41.3 Å². The zero-order chi connectivity index (χ0) is 16.2. The van der Waals surface area contributed by atoms with Gasteiger partial charge in [0.25, 0.3) is 0 Å². The fourth-order valence-corrected chi connectivity index (χ4v) is 2.41. The first kappa shape index (κ1) is 16.5. The molecule has 1 rings (SSSR count). The number of nitrogens with one attached hydrogen (secondary N) is 1. The predicted molar refractivity (Wildman–Crippen MR) is 66.4 cm³/mol. The van der Waals surface area contributed by atoms with Crippen LogP contribution in [-0.2, 0) is 19.6 Å². The van der Waals surface area contributed by atoms with Gasteiger partial charge in [0, 0.05) is 6.07 Å². The molecule has 0 saturated heterocycles. The number of carbonyl (C=O) groups is 2. The van der Waals surface area contributed by atoms with E-state index in [0.29, 0.717) is 6.20 Å². The summed E-state index contributed by atoms with van der Waals surface area (Å²) < 4.78 is 25.5. The van der Waals surface area contributed by atoms with Crippen LogP contribution in [0.15, 0.2) is 23.2 Å². The van der Waals surface area contributed by atoms with Gasteiger partial charge in [-0.15, -0.1) is 0 Å². The highest BCUT2D eigenvalue weighted by Crippen LogP contribution is 2.13. The van der Waals surface area contributed by atoms with Crippen LogP contribution in [0.4, 0.5) is 5.82 Å². The van der Waals surface area contributed by atoms with Crippen LogP contribution < -0.4 is 10.5 Å². The quantitative estimate of drug-likeness (QED) is 0.404. The summed E-state index contributed by atoms with van der Waals surface area (Å²) in [4.78, 5) is 33.9. The van der Waals surface area contributed by atoms with E-state index in [1.54, 1.807) is 4.72 Å². The lowest BCUT2D eigenvalue weighted by atomic mass is 10.2. The lowest BCUT2D eigenvalue weighted by molar-refractivity contribution is -0.389. The van der Waals surface area contributed by atoms with Crippen LogP contribution in [0.3, 0.4) is 0 Å². The number of rotatable bonds is 7. The van der Waals surface area contributed by atoms with Crippen molar-refractivity contribution in [3.63, 3.8) is 0 Å². The molecule has 0 aliphatic carbocycles. The molecule has 0 saturated carbocycles. The lowest BCUT2D eigenvalue weighted by Gasteiger charge is -2.12. The normalized spacial score (nSPS) is 12.6. The highest BCUT2D eigenvalue weighted by Gasteiger charge is 2.28. The molecule has 21 heavy (non-hydrogen) atoms. The molecule has 114 valence electrons. The average Bonchev–Trinajstić information content (AvgIpc) is 2.37. The lowest BCUT2D eigenvalue weighted by Crippen LogP contribution is -2.43. The molecule has 0 radical (unpaired) electrons. The number of carbonyl (C=O) groups excluding carboxylic acids is 1. The number of amides is 1. The molecule has 1 aromatic rings. The Morgan fingerprint density at radius 3 is 2.48 bits per heavy atom. The second kappa shape index (κ2) is 6.23. The smallest absolute Gasteiger partial charge is 0.363 e. The van der Waals surface area contributed by atoms with E-state index in [2.05, 4.69) is 4.98 Å². The summed E-state index contributed by atoms with van der Waals surface area (Å²) in [6, 6.07) is -0.0163. The molecule has 0 bridgehead atoms. The first-order valence-electron chi connectivity index (χ1n) is 5.27. The maximum Gasteiger partial charge on any atom is 0.363 e. The van der Waals surface area contributed by atoms with Crippen molar-refractivity contribution in [1.82, 2.24) is 9.71 Å². The van der Waals surface area contributed by atoms with Gasteiger partial charge in [0.1, 0.15) is 10.9 Å². The van der Waals surface area contributed by atoms with E-state index in [4.69, 9.17) is 10.8 Å². The summed E-state index contributed by atoms with van der Waals surface area (Å²) >= 11 is 0. The second-order valence-corrected chi connectivity index (χ2v) is 5.51. The van der Waals surface area contributed by atoms with Crippen molar-refractivity contribution in [2.75, 3.05) is 0 Å². The molecule has 0 fully saturated rings. The molecule has 0 aromatic carbocycles. The molecule has 1 aromatic heterocycles. The van der Waals surface area contributed by atoms with Gasteiger partial charge < -0.3 is 21.0 Å². The van der Waals surface area contributed by atoms with Crippen molar-refractivity contribution in [3.8, 4) is 0 Å². The maximum absolute atomic E-state index is 11.9. The number of carboxylic acid groups (broad SMARTS) is 1. The van der Waals surface area contributed by atoms with E-state index in [1.165, 1.54) is 0 Å². The maximum atomic E-state index is 11.9. The van der Waals surface area contributed by atoms with Crippen LogP contribution in [0.2, 0.25) is 0 Å². The van der Waals surface area contributed by atoms with Crippen LogP contribution >= 0.6 is 0 Å². The minimum absolute atomic E-state index is 0.483. The Bertz CT molecular complexity index is 670. The molecule has 4 N–H and O–H groups in total. The molecule has 1 unspecified atom stereocenters. The number of primary amides is 1. The average molecular weight is 318 g/mol. The van der Waals surface area contributed by atoms with Gasteiger partial charge in [-0.25, -0.2) is 8.42 Å². The van der Waals surface area contributed by atoms with E-state index in [-0.39, 0.29) is 0 Å². The minimum atomic E-state index is -4.32. The third kappa shape index (κ3) is 4.47. The number of nitrogens with zero attached hydrogens (tertiary/aromatic N) is 2. The summed E-state index contributed by atoms with van der Waals surface area (Å²) in [6.07, 6.45) is -0.0430. The van der Waals surface area contributed by atoms with E-state index in [0.717, 1.165) is 12.1 Å². The van der Waals surface area contributed by atoms with Gasteiger partial charge in [-0.1, -0.05) is 0 Å². The van der Waals surface area contributed by atoms with Crippen LogP contribution in [0, 0.1) is 10.1 Å². The van der Waals surface area contributed by atoms with Crippen molar-refractivity contribution in [1.29, 1.82) is 0 Å². The molecule has 0 aliphatic rings. The third-order valence-electron chi connectivity index (χ3n) is 2.22. The summed E-state index contributed by atoms with van der Waals surface area (Å²) in [5.74, 6) is -3.17. The van der Waals surface area contributed by atoms with Crippen molar-refractivity contribution < 1.29 is 28.0 Å². The van der Waals surface area contributed by atoms with Crippen molar-refractivity contribution in [3.05, 3.63) is 28.4 Å². The number of nitrogens with two attached hydrogens (primary N) is 1. The number of hydrogen-bond acceptors (Lipinski definition) is 7. The number of hydrogen-bond donors (Lipinski definition) is 3. The van der Waals surface area contributed by atoms with Crippen molar-refractivity contribution in [2.45, 2.75) is 17.4 Å². The van der Waals surface area contributed by atoms with Gasteiger partial charge in [0.2, 0.25) is 15.9 Å². The zero-order valence-corrected chi connectivity index (χ0v) is 11.1. The van der Waals surface area contributed by atoms with E-state index in [9.17, 15) is 28.1 Å². The second-order valence-electron chi connectivity index (χ2n) is 3.79. The van der Waals surface area contributed by atoms with Gasteiger partial charge in [-0.3, -0.25) is 9.59 Å². The fraction of sp³-hybridized carbons (Fsp3) is 0.222.